The highest BCUT2D eigenvalue weighted by atomic mass is 32.2. The number of phenols is 1. The van der Waals surface area contributed by atoms with Crippen molar-refractivity contribution < 1.29 is 32.6 Å². The van der Waals surface area contributed by atoms with Gasteiger partial charge >= 0.3 is 0 Å². The third-order valence-corrected chi connectivity index (χ3v) is 6.46. The van der Waals surface area contributed by atoms with Crippen LogP contribution < -0.4 is 15.5 Å². The Balaban J connectivity index is 2.36. The Hall–Kier alpha value is -3.05. The summed E-state index contributed by atoms with van der Waals surface area (Å²) in [6.45, 7) is 1.42. The van der Waals surface area contributed by atoms with Crippen LogP contribution in [0.25, 0.3) is 0 Å². The van der Waals surface area contributed by atoms with Crippen molar-refractivity contribution in [1.82, 2.24) is 9.62 Å². The number of carbonyl (C=O) groups excluding carboxylic acids is 1. The van der Waals surface area contributed by atoms with Gasteiger partial charge in [0.25, 0.3) is 0 Å². The number of amides is 1. The van der Waals surface area contributed by atoms with Gasteiger partial charge in [-0.2, -0.15) is 0 Å². The molecule has 0 saturated heterocycles. The van der Waals surface area contributed by atoms with Crippen LogP contribution in [0.1, 0.15) is 29.4 Å². The SMILES string of the molecule is COc1cc(C(CC(=O)NCCS(=O)(=O)N(C)C)c2oc(C)cc(=O)c2O)ccc1O. The van der Waals surface area contributed by atoms with Crippen molar-refractivity contribution >= 4 is 15.9 Å². The van der Waals surface area contributed by atoms with E-state index in [1.165, 1.54) is 46.3 Å². The monoisotopic (exact) mass is 454 g/mol. The molecule has 1 amide bonds. The molecule has 1 heterocycles. The number of rotatable bonds is 9. The van der Waals surface area contributed by atoms with Crippen molar-refractivity contribution in [2.24, 2.45) is 0 Å². The molecule has 0 radical (unpaired) electrons. The molecule has 0 aliphatic rings. The second-order valence-electron chi connectivity index (χ2n) is 7.07. The van der Waals surface area contributed by atoms with Gasteiger partial charge in [0.05, 0.1) is 18.8 Å². The quantitative estimate of drug-likeness (QED) is 0.506. The summed E-state index contributed by atoms with van der Waals surface area (Å²) >= 11 is 0. The maximum atomic E-state index is 12.6. The van der Waals surface area contributed by atoms with Gasteiger partial charge in [-0.15, -0.1) is 0 Å². The number of sulfonamides is 1. The van der Waals surface area contributed by atoms with E-state index in [9.17, 15) is 28.2 Å². The molecule has 170 valence electrons. The highest BCUT2D eigenvalue weighted by molar-refractivity contribution is 7.89. The van der Waals surface area contributed by atoms with Crippen molar-refractivity contribution in [1.29, 1.82) is 0 Å². The number of aryl methyl sites for hydroxylation is 1. The van der Waals surface area contributed by atoms with Gasteiger partial charge < -0.3 is 24.7 Å². The number of ether oxygens (including phenoxy) is 1. The van der Waals surface area contributed by atoms with Gasteiger partial charge in [-0.05, 0) is 24.6 Å². The third kappa shape index (κ3) is 5.98. The lowest BCUT2D eigenvalue weighted by Gasteiger charge is -2.19. The molecule has 0 bridgehead atoms. The van der Waals surface area contributed by atoms with Gasteiger partial charge in [-0.3, -0.25) is 9.59 Å². The second kappa shape index (κ2) is 9.84. The molecule has 1 unspecified atom stereocenters. The number of hydrogen-bond donors (Lipinski definition) is 3. The van der Waals surface area contributed by atoms with Gasteiger partial charge in [0.1, 0.15) is 5.76 Å². The number of benzene rings is 1. The third-order valence-electron chi connectivity index (χ3n) is 4.62. The molecule has 1 atom stereocenters. The fourth-order valence-corrected chi connectivity index (χ4v) is 3.62. The molecule has 3 N–H and O–H groups in total. The predicted octanol–water partition coefficient (Wildman–Crippen LogP) is 0.898. The first-order valence-corrected chi connectivity index (χ1v) is 10.9. The highest BCUT2D eigenvalue weighted by Gasteiger charge is 2.27. The summed E-state index contributed by atoms with van der Waals surface area (Å²) in [5.74, 6) is -2.20. The van der Waals surface area contributed by atoms with E-state index in [1.54, 1.807) is 0 Å². The predicted molar refractivity (Wildman–Crippen MR) is 113 cm³/mol. The smallest absolute Gasteiger partial charge is 0.227 e. The molecule has 31 heavy (non-hydrogen) atoms. The van der Waals surface area contributed by atoms with E-state index in [4.69, 9.17) is 9.15 Å². The number of carbonyl (C=O) groups is 1. The van der Waals surface area contributed by atoms with Crippen molar-refractivity contribution in [3.63, 3.8) is 0 Å². The van der Waals surface area contributed by atoms with Crippen LogP contribution >= 0.6 is 0 Å². The molecule has 1 aromatic heterocycles. The minimum Gasteiger partial charge on any atom is -0.504 e. The lowest BCUT2D eigenvalue weighted by Crippen LogP contribution is -2.34. The average molecular weight is 455 g/mol. The Morgan fingerprint density at radius 3 is 2.55 bits per heavy atom. The van der Waals surface area contributed by atoms with E-state index < -0.39 is 33.0 Å². The lowest BCUT2D eigenvalue weighted by molar-refractivity contribution is -0.121. The number of methoxy groups -OCH3 is 1. The van der Waals surface area contributed by atoms with Crippen molar-refractivity contribution in [3.05, 3.63) is 51.6 Å². The Morgan fingerprint density at radius 1 is 1.26 bits per heavy atom. The topological polar surface area (TPSA) is 146 Å². The summed E-state index contributed by atoms with van der Waals surface area (Å²) in [6.07, 6.45) is -0.254. The summed E-state index contributed by atoms with van der Waals surface area (Å²) < 4.78 is 35.4. The van der Waals surface area contributed by atoms with Crippen LogP contribution in [0.4, 0.5) is 0 Å². The van der Waals surface area contributed by atoms with Crippen molar-refractivity contribution in [3.8, 4) is 17.2 Å². The number of aromatic hydroxyl groups is 2. The first-order valence-electron chi connectivity index (χ1n) is 9.33. The molecule has 1 aromatic carbocycles. The zero-order valence-electron chi connectivity index (χ0n) is 17.7. The van der Waals surface area contributed by atoms with Crippen LogP contribution in [0.2, 0.25) is 0 Å². The van der Waals surface area contributed by atoms with Crippen LogP contribution in [0.15, 0.2) is 33.5 Å². The molecule has 11 heteroatoms. The molecular formula is C20H26N2O8S. The van der Waals surface area contributed by atoms with Crippen LogP contribution in [-0.2, 0) is 14.8 Å². The van der Waals surface area contributed by atoms with Gasteiger partial charge in [0, 0.05) is 33.1 Å². The Labute approximate surface area is 180 Å². The van der Waals surface area contributed by atoms with Crippen molar-refractivity contribution in [2.75, 3.05) is 33.5 Å². The first kappa shape index (κ1) is 24.2. The largest absolute Gasteiger partial charge is 0.504 e. The summed E-state index contributed by atoms with van der Waals surface area (Å²) in [5.41, 5.74) is -0.221. The van der Waals surface area contributed by atoms with E-state index >= 15 is 0 Å². The molecule has 0 fully saturated rings. The van der Waals surface area contributed by atoms with Gasteiger partial charge in [-0.1, -0.05) is 6.07 Å². The Morgan fingerprint density at radius 2 is 1.94 bits per heavy atom. The minimum absolute atomic E-state index is 0.116. The number of nitrogens with one attached hydrogen (secondary N) is 1. The molecule has 0 aliphatic heterocycles. The zero-order chi connectivity index (χ0) is 23.3. The normalized spacial score (nSPS) is 12.5. The molecule has 2 rings (SSSR count). The summed E-state index contributed by atoms with van der Waals surface area (Å²) in [4.78, 5) is 24.6. The molecule has 10 nitrogen and oxygen atoms in total. The maximum absolute atomic E-state index is 12.6. The van der Waals surface area contributed by atoms with Crippen LogP contribution in [0.5, 0.6) is 17.2 Å². The summed E-state index contributed by atoms with van der Waals surface area (Å²) in [7, 11) is 0.667. The zero-order valence-corrected chi connectivity index (χ0v) is 18.5. The summed E-state index contributed by atoms with van der Waals surface area (Å²) in [5, 5.41) is 22.7. The van der Waals surface area contributed by atoms with Crippen LogP contribution in [0, 0.1) is 6.92 Å². The number of phenolic OH excluding ortho intramolecular Hbond substituents is 1. The van der Waals surface area contributed by atoms with Crippen molar-refractivity contribution in [2.45, 2.75) is 19.3 Å². The van der Waals surface area contributed by atoms with Crippen LogP contribution in [-0.4, -0.2) is 62.3 Å². The average Bonchev–Trinajstić information content (AvgIpc) is 2.69. The van der Waals surface area contributed by atoms with Gasteiger partial charge in [0.2, 0.25) is 27.1 Å². The first-order chi connectivity index (χ1) is 14.5. The van der Waals surface area contributed by atoms with Gasteiger partial charge in [-0.25, -0.2) is 12.7 Å². The standard InChI is InChI=1S/C20H26N2O8S/c1-12-9-16(24)19(26)20(30-12)14(13-5-6-15(23)17(10-13)29-4)11-18(25)21-7-8-31(27,28)22(2)3/h5-6,9-10,14,23,26H,7-8,11H2,1-4H3,(H,21,25). The van der Waals surface area contributed by atoms with E-state index in [0.29, 0.717) is 5.56 Å². The Bertz CT molecular complexity index is 1110. The molecule has 0 saturated carbocycles. The van der Waals surface area contributed by atoms with E-state index in [-0.39, 0.29) is 41.7 Å². The van der Waals surface area contributed by atoms with Crippen LogP contribution in [0.3, 0.4) is 0 Å². The number of hydrogen-bond acceptors (Lipinski definition) is 8. The molecule has 0 spiro atoms. The highest BCUT2D eigenvalue weighted by Crippen LogP contribution is 2.37. The summed E-state index contributed by atoms with van der Waals surface area (Å²) in [6, 6.07) is 5.45. The molecule has 2 aromatic rings. The Kier molecular flexibility index (Phi) is 7.69. The minimum atomic E-state index is -3.48. The number of nitrogens with zero attached hydrogens (tertiary/aromatic N) is 1. The fraction of sp³-hybridized carbons (Fsp3) is 0.400. The fourth-order valence-electron chi connectivity index (χ4n) is 2.89. The molecular weight excluding hydrogens is 428 g/mol. The van der Waals surface area contributed by atoms with E-state index in [0.717, 1.165) is 10.4 Å². The lowest BCUT2D eigenvalue weighted by atomic mass is 9.91. The molecule has 0 aliphatic carbocycles. The van der Waals surface area contributed by atoms with E-state index in [2.05, 4.69) is 5.32 Å². The maximum Gasteiger partial charge on any atom is 0.227 e. The second-order valence-corrected chi connectivity index (χ2v) is 9.37. The van der Waals surface area contributed by atoms with E-state index in [1.807, 2.05) is 0 Å². The van der Waals surface area contributed by atoms with Gasteiger partial charge in [0.15, 0.2) is 17.3 Å².